The monoisotopic (exact) mass is 400 g/mol. The van der Waals surface area contributed by atoms with E-state index in [1.165, 1.54) is 19.1 Å². The highest BCUT2D eigenvalue weighted by Crippen LogP contribution is 2.23. The predicted molar refractivity (Wildman–Crippen MR) is 112 cm³/mol. The van der Waals surface area contributed by atoms with Gasteiger partial charge in [-0.1, -0.05) is 12.1 Å². The molecule has 1 N–H and O–H groups in total. The Balaban J connectivity index is 2.21. The highest BCUT2D eigenvalue weighted by Gasteiger charge is 2.21. The summed E-state index contributed by atoms with van der Waals surface area (Å²) in [6.45, 7) is 4.41. The van der Waals surface area contributed by atoms with Gasteiger partial charge in [-0.15, -0.1) is 0 Å². The summed E-state index contributed by atoms with van der Waals surface area (Å²) in [5, 5.41) is 2.89. The Morgan fingerprint density at radius 3 is 2.24 bits per heavy atom. The van der Waals surface area contributed by atoms with Crippen molar-refractivity contribution in [1.29, 1.82) is 0 Å². The van der Waals surface area contributed by atoms with Crippen LogP contribution in [-0.4, -0.2) is 57.7 Å². The molecule has 0 saturated heterocycles. The molecule has 0 fully saturated rings. The summed E-state index contributed by atoms with van der Waals surface area (Å²) in [4.78, 5) is 27.2. The lowest BCUT2D eigenvalue weighted by Crippen LogP contribution is -2.40. The number of anilines is 1. The van der Waals surface area contributed by atoms with Crippen LogP contribution in [0.25, 0.3) is 0 Å². The zero-order valence-electron chi connectivity index (χ0n) is 17.6. The fourth-order valence-corrected chi connectivity index (χ4v) is 2.82. The van der Waals surface area contributed by atoms with Crippen molar-refractivity contribution in [3.63, 3.8) is 0 Å². The average molecular weight is 400 g/mol. The maximum atomic E-state index is 13.1. The summed E-state index contributed by atoms with van der Waals surface area (Å²) >= 11 is 0. The van der Waals surface area contributed by atoms with Crippen LogP contribution < -0.4 is 14.8 Å². The number of methoxy groups -OCH3 is 3. The van der Waals surface area contributed by atoms with Gasteiger partial charge in [-0.25, -0.2) is 0 Å². The number of carbonyl (C=O) groups excluding carboxylic acids is 2. The Bertz CT molecular complexity index is 844. The Kier molecular flexibility index (Phi) is 8.03. The van der Waals surface area contributed by atoms with Crippen molar-refractivity contribution >= 4 is 17.5 Å². The normalized spacial score (nSPS) is 10.4. The quantitative estimate of drug-likeness (QED) is 0.700. The van der Waals surface area contributed by atoms with Crippen LogP contribution in [0.4, 0.5) is 5.69 Å². The fraction of sp³-hybridized carbons (Fsp3) is 0.364. The Morgan fingerprint density at radius 2 is 1.66 bits per heavy atom. The molecule has 0 spiro atoms. The third kappa shape index (κ3) is 5.96. The molecule has 2 aromatic carbocycles. The minimum atomic E-state index is -0.310. The van der Waals surface area contributed by atoms with E-state index in [4.69, 9.17) is 14.2 Å². The molecule has 7 nitrogen and oxygen atoms in total. The summed E-state index contributed by atoms with van der Waals surface area (Å²) in [5.41, 5.74) is 3.18. The minimum Gasteiger partial charge on any atom is -0.497 e. The molecule has 2 aromatic rings. The molecule has 0 bridgehead atoms. The second-order valence-corrected chi connectivity index (χ2v) is 6.62. The average Bonchev–Trinajstić information content (AvgIpc) is 2.73. The van der Waals surface area contributed by atoms with Gasteiger partial charge in [-0.2, -0.15) is 0 Å². The van der Waals surface area contributed by atoms with Crippen LogP contribution in [0, 0.1) is 13.8 Å². The van der Waals surface area contributed by atoms with Gasteiger partial charge in [0, 0.05) is 31.0 Å². The zero-order chi connectivity index (χ0) is 21.4. The lowest BCUT2D eigenvalue weighted by molar-refractivity contribution is -0.117. The van der Waals surface area contributed by atoms with E-state index in [0.29, 0.717) is 23.7 Å². The highest BCUT2D eigenvalue weighted by molar-refractivity contribution is 6.00. The number of aryl methyl sites for hydroxylation is 1. The van der Waals surface area contributed by atoms with Crippen molar-refractivity contribution in [3.05, 3.63) is 53.1 Å². The van der Waals surface area contributed by atoms with Crippen molar-refractivity contribution in [2.45, 2.75) is 13.8 Å². The number of ether oxygens (including phenoxy) is 3. The molecule has 2 rings (SSSR count). The van der Waals surface area contributed by atoms with Crippen molar-refractivity contribution in [2.75, 3.05) is 46.3 Å². The largest absolute Gasteiger partial charge is 0.497 e. The maximum absolute atomic E-state index is 13.1. The summed E-state index contributed by atoms with van der Waals surface area (Å²) in [5.74, 6) is 0.409. The first-order valence-electron chi connectivity index (χ1n) is 9.27. The minimum absolute atomic E-state index is 0.102. The number of nitrogens with zero attached hydrogens (tertiary/aromatic N) is 1. The van der Waals surface area contributed by atoms with Gasteiger partial charge in [0.15, 0.2) is 0 Å². The van der Waals surface area contributed by atoms with Gasteiger partial charge in [-0.3, -0.25) is 9.59 Å². The van der Waals surface area contributed by atoms with E-state index >= 15 is 0 Å². The Labute approximate surface area is 171 Å². The molecule has 156 valence electrons. The zero-order valence-corrected chi connectivity index (χ0v) is 17.6. The number of nitrogens with one attached hydrogen (secondary N) is 1. The molecule has 0 saturated carbocycles. The van der Waals surface area contributed by atoms with Gasteiger partial charge in [0.25, 0.3) is 5.91 Å². The number of benzene rings is 2. The van der Waals surface area contributed by atoms with Crippen LogP contribution in [0.15, 0.2) is 36.4 Å². The molecular weight excluding hydrogens is 372 g/mol. The summed E-state index contributed by atoms with van der Waals surface area (Å²) in [6, 6.07) is 10.6. The first kappa shape index (κ1) is 22.2. The van der Waals surface area contributed by atoms with E-state index in [9.17, 15) is 9.59 Å². The number of carbonyl (C=O) groups is 2. The first-order chi connectivity index (χ1) is 13.9. The van der Waals surface area contributed by atoms with Crippen LogP contribution in [0.5, 0.6) is 11.5 Å². The molecule has 0 radical (unpaired) electrons. The van der Waals surface area contributed by atoms with Crippen LogP contribution in [-0.2, 0) is 9.53 Å². The van der Waals surface area contributed by atoms with Crippen molar-refractivity contribution in [2.24, 2.45) is 0 Å². The SMILES string of the molecule is COCCN(CC(=O)Nc1cccc(C)c1C)C(=O)c1cc(OC)cc(OC)c1. The molecule has 0 aliphatic heterocycles. The third-order valence-electron chi connectivity index (χ3n) is 4.66. The van der Waals surface area contributed by atoms with Crippen LogP contribution >= 0.6 is 0 Å². The molecular formula is C22H28N2O5. The Hall–Kier alpha value is -3.06. The van der Waals surface area contributed by atoms with Crippen LogP contribution in [0.3, 0.4) is 0 Å². The van der Waals surface area contributed by atoms with E-state index in [-0.39, 0.29) is 24.9 Å². The summed E-state index contributed by atoms with van der Waals surface area (Å²) < 4.78 is 15.6. The van der Waals surface area contributed by atoms with E-state index in [1.54, 1.807) is 25.3 Å². The van der Waals surface area contributed by atoms with E-state index in [1.807, 2.05) is 32.0 Å². The fourth-order valence-electron chi connectivity index (χ4n) is 2.82. The molecule has 0 atom stereocenters. The maximum Gasteiger partial charge on any atom is 0.254 e. The molecule has 29 heavy (non-hydrogen) atoms. The van der Waals surface area contributed by atoms with Gasteiger partial charge < -0.3 is 24.4 Å². The molecule has 2 amide bonds. The molecule has 0 aliphatic carbocycles. The molecule has 0 aliphatic rings. The lowest BCUT2D eigenvalue weighted by atomic mass is 10.1. The summed E-state index contributed by atoms with van der Waals surface area (Å²) in [7, 11) is 4.58. The van der Waals surface area contributed by atoms with Crippen LogP contribution in [0.2, 0.25) is 0 Å². The number of amides is 2. The van der Waals surface area contributed by atoms with Gasteiger partial charge in [0.2, 0.25) is 5.91 Å². The van der Waals surface area contributed by atoms with E-state index in [2.05, 4.69) is 5.32 Å². The van der Waals surface area contributed by atoms with Crippen molar-refractivity contribution in [1.82, 2.24) is 4.90 Å². The summed E-state index contributed by atoms with van der Waals surface area (Å²) in [6.07, 6.45) is 0. The highest BCUT2D eigenvalue weighted by atomic mass is 16.5. The topological polar surface area (TPSA) is 77.1 Å². The van der Waals surface area contributed by atoms with Gasteiger partial charge in [0.05, 0.1) is 20.8 Å². The van der Waals surface area contributed by atoms with Gasteiger partial charge in [0.1, 0.15) is 18.0 Å². The Morgan fingerprint density at radius 1 is 1.00 bits per heavy atom. The van der Waals surface area contributed by atoms with E-state index < -0.39 is 0 Å². The first-order valence-corrected chi connectivity index (χ1v) is 9.27. The predicted octanol–water partition coefficient (Wildman–Crippen LogP) is 3.05. The molecule has 7 heteroatoms. The molecule has 0 unspecified atom stereocenters. The lowest BCUT2D eigenvalue weighted by Gasteiger charge is -2.23. The number of hydrogen-bond acceptors (Lipinski definition) is 5. The molecule has 0 aromatic heterocycles. The standard InChI is InChI=1S/C22H28N2O5/c1-15-7-6-8-20(16(15)2)23-21(25)14-24(9-10-27-3)22(26)17-11-18(28-4)13-19(12-17)29-5/h6-8,11-13H,9-10,14H2,1-5H3,(H,23,25). The van der Waals surface area contributed by atoms with Gasteiger partial charge >= 0.3 is 0 Å². The van der Waals surface area contributed by atoms with Crippen molar-refractivity contribution < 1.29 is 23.8 Å². The smallest absolute Gasteiger partial charge is 0.254 e. The molecule has 0 heterocycles. The van der Waals surface area contributed by atoms with Gasteiger partial charge in [-0.05, 0) is 43.2 Å². The van der Waals surface area contributed by atoms with Crippen molar-refractivity contribution in [3.8, 4) is 11.5 Å². The third-order valence-corrected chi connectivity index (χ3v) is 4.66. The van der Waals surface area contributed by atoms with Crippen LogP contribution in [0.1, 0.15) is 21.5 Å². The number of hydrogen-bond donors (Lipinski definition) is 1. The second kappa shape index (κ2) is 10.5. The van der Waals surface area contributed by atoms with E-state index in [0.717, 1.165) is 16.8 Å². The number of rotatable bonds is 9. The second-order valence-electron chi connectivity index (χ2n) is 6.62.